The number of ether oxygens (including phenoxy) is 3. The largest absolute Gasteiger partial charge is 0.497 e. The van der Waals surface area contributed by atoms with Gasteiger partial charge in [-0.15, -0.1) is 0 Å². The van der Waals surface area contributed by atoms with Crippen molar-refractivity contribution in [3.8, 4) is 11.5 Å². The number of nitrogens with one attached hydrogen (secondary N) is 2. The third kappa shape index (κ3) is 5.70. The lowest BCUT2D eigenvalue weighted by molar-refractivity contribution is -0.0174. The molecular weight excluding hydrogens is 382 g/mol. The first-order valence-electron chi connectivity index (χ1n) is 10.8. The summed E-state index contributed by atoms with van der Waals surface area (Å²) >= 11 is 0. The molecule has 3 unspecified atom stereocenters. The molecule has 0 saturated carbocycles. The molecule has 8 nitrogen and oxygen atoms in total. The zero-order chi connectivity index (χ0) is 21.5. The Morgan fingerprint density at radius 3 is 2.60 bits per heavy atom. The van der Waals surface area contributed by atoms with Crippen molar-refractivity contribution in [2.45, 2.75) is 38.4 Å². The monoisotopic (exact) mass is 419 g/mol. The molecule has 2 saturated heterocycles. The SMILES string of the molecule is CN=C(NCC(C)N1CCOCC1C)NC1CCN(c2cc(OC)cc(OC)c2)C1. The summed E-state index contributed by atoms with van der Waals surface area (Å²) in [5.41, 5.74) is 1.12. The average molecular weight is 420 g/mol. The molecule has 3 rings (SSSR count). The summed E-state index contributed by atoms with van der Waals surface area (Å²) in [4.78, 5) is 9.29. The van der Waals surface area contributed by atoms with Gasteiger partial charge >= 0.3 is 0 Å². The number of methoxy groups -OCH3 is 2. The zero-order valence-corrected chi connectivity index (χ0v) is 19.0. The standard InChI is InChI=1S/C22H37N5O3/c1-16(27-8-9-30-15-17(27)2)13-24-22(23-3)25-18-6-7-26(14-18)19-10-20(28-4)12-21(11-19)29-5/h10-12,16-18H,6-9,13-15H2,1-5H3,(H2,23,24,25). The number of benzene rings is 1. The number of anilines is 1. The first-order valence-corrected chi connectivity index (χ1v) is 10.8. The molecule has 0 bridgehead atoms. The van der Waals surface area contributed by atoms with E-state index in [0.29, 0.717) is 18.1 Å². The van der Waals surface area contributed by atoms with Crippen molar-refractivity contribution in [2.24, 2.45) is 4.99 Å². The van der Waals surface area contributed by atoms with Gasteiger partial charge in [-0.2, -0.15) is 0 Å². The molecule has 0 amide bonds. The van der Waals surface area contributed by atoms with E-state index in [1.807, 2.05) is 13.1 Å². The molecule has 2 aliphatic heterocycles. The number of morpholine rings is 1. The van der Waals surface area contributed by atoms with Gasteiger partial charge in [0, 0.05) is 75.2 Å². The third-order valence-corrected chi connectivity index (χ3v) is 6.00. The molecule has 1 aromatic rings. The highest BCUT2D eigenvalue weighted by atomic mass is 16.5. The van der Waals surface area contributed by atoms with Crippen molar-refractivity contribution in [2.75, 3.05) is 65.6 Å². The fourth-order valence-corrected chi connectivity index (χ4v) is 4.23. The van der Waals surface area contributed by atoms with E-state index in [9.17, 15) is 0 Å². The molecule has 1 aromatic carbocycles. The van der Waals surface area contributed by atoms with Crippen LogP contribution in [0.4, 0.5) is 5.69 Å². The van der Waals surface area contributed by atoms with Gasteiger partial charge in [-0.25, -0.2) is 0 Å². The summed E-state index contributed by atoms with van der Waals surface area (Å²) in [6.45, 7) is 9.84. The van der Waals surface area contributed by atoms with Crippen molar-refractivity contribution in [3.63, 3.8) is 0 Å². The van der Waals surface area contributed by atoms with Crippen molar-refractivity contribution in [1.82, 2.24) is 15.5 Å². The van der Waals surface area contributed by atoms with Crippen LogP contribution in [0.2, 0.25) is 0 Å². The van der Waals surface area contributed by atoms with Crippen LogP contribution in [-0.4, -0.2) is 89.6 Å². The Balaban J connectivity index is 1.51. The summed E-state index contributed by atoms with van der Waals surface area (Å²) in [5, 5.41) is 7.09. The van der Waals surface area contributed by atoms with E-state index in [1.54, 1.807) is 14.2 Å². The molecule has 2 fully saturated rings. The van der Waals surface area contributed by atoms with Crippen LogP contribution < -0.4 is 25.0 Å². The quantitative estimate of drug-likeness (QED) is 0.513. The van der Waals surface area contributed by atoms with Crippen LogP contribution in [0.15, 0.2) is 23.2 Å². The van der Waals surface area contributed by atoms with Gasteiger partial charge in [0.25, 0.3) is 0 Å². The van der Waals surface area contributed by atoms with Gasteiger partial charge in [-0.1, -0.05) is 0 Å². The highest BCUT2D eigenvalue weighted by Crippen LogP contribution is 2.30. The van der Waals surface area contributed by atoms with Crippen LogP contribution >= 0.6 is 0 Å². The van der Waals surface area contributed by atoms with Gasteiger partial charge in [0.15, 0.2) is 5.96 Å². The molecule has 0 radical (unpaired) electrons. The van der Waals surface area contributed by atoms with E-state index in [4.69, 9.17) is 14.2 Å². The maximum atomic E-state index is 5.55. The number of aliphatic imine (C=N–C) groups is 1. The predicted molar refractivity (Wildman–Crippen MR) is 121 cm³/mol. The molecule has 168 valence electrons. The van der Waals surface area contributed by atoms with Gasteiger partial charge in [0.2, 0.25) is 0 Å². The Kier molecular flexibility index (Phi) is 8.04. The Morgan fingerprint density at radius 1 is 1.23 bits per heavy atom. The fraction of sp³-hybridized carbons (Fsp3) is 0.682. The Morgan fingerprint density at radius 2 is 1.97 bits per heavy atom. The van der Waals surface area contributed by atoms with Crippen LogP contribution in [0, 0.1) is 0 Å². The van der Waals surface area contributed by atoms with Gasteiger partial charge in [-0.05, 0) is 20.3 Å². The van der Waals surface area contributed by atoms with Crippen LogP contribution in [0.5, 0.6) is 11.5 Å². The van der Waals surface area contributed by atoms with Gasteiger partial charge in [0.05, 0.1) is 27.4 Å². The first kappa shape index (κ1) is 22.5. The minimum Gasteiger partial charge on any atom is -0.497 e. The lowest BCUT2D eigenvalue weighted by Gasteiger charge is -2.38. The van der Waals surface area contributed by atoms with E-state index >= 15 is 0 Å². The predicted octanol–water partition coefficient (Wildman–Crippen LogP) is 1.56. The van der Waals surface area contributed by atoms with E-state index in [0.717, 1.165) is 69.0 Å². The topological polar surface area (TPSA) is 70.6 Å². The van der Waals surface area contributed by atoms with Crippen molar-refractivity contribution >= 4 is 11.6 Å². The minimum absolute atomic E-state index is 0.339. The van der Waals surface area contributed by atoms with Crippen molar-refractivity contribution in [3.05, 3.63) is 18.2 Å². The van der Waals surface area contributed by atoms with Gasteiger partial charge in [0.1, 0.15) is 11.5 Å². The summed E-state index contributed by atoms with van der Waals surface area (Å²) in [5.74, 6) is 2.48. The van der Waals surface area contributed by atoms with Crippen molar-refractivity contribution < 1.29 is 14.2 Å². The minimum atomic E-state index is 0.339. The van der Waals surface area contributed by atoms with E-state index in [1.165, 1.54) is 0 Å². The smallest absolute Gasteiger partial charge is 0.191 e. The van der Waals surface area contributed by atoms with Crippen LogP contribution in [0.3, 0.4) is 0 Å². The Hall–Kier alpha value is -2.19. The number of hydrogen-bond acceptors (Lipinski definition) is 6. The molecule has 0 aliphatic carbocycles. The lowest BCUT2D eigenvalue weighted by Crippen LogP contribution is -2.53. The van der Waals surface area contributed by atoms with E-state index < -0.39 is 0 Å². The normalized spacial score (nSPS) is 23.9. The van der Waals surface area contributed by atoms with Crippen molar-refractivity contribution in [1.29, 1.82) is 0 Å². The number of nitrogens with zero attached hydrogens (tertiary/aromatic N) is 3. The summed E-state index contributed by atoms with van der Waals surface area (Å²) in [6.07, 6.45) is 1.05. The summed E-state index contributed by atoms with van der Waals surface area (Å²) < 4.78 is 16.4. The molecule has 2 heterocycles. The highest BCUT2D eigenvalue weighted by molar-refractivity contribution is 5.80. The second kappa shape index (κ2) is 10.7. The summed E-state index contributed by atoms with van der Waals surface area (Å²) in [6, 6.07) is 7.23. The zero-order valence-electron chi connectivity index (χ0n) is 19.0. The molecule has 0 aromatic heterocycles. The van der Waals surface area contributed by atoms with Crippen LogP contribution in [0.25, 0.3) is 0 Å². The second-order valence-electron chi connectivity index (χ2n) is 8.11. The molecule has 2 aliphatic rings. The highest BCUT2D eigenvalue weighted by Gasteiger charge is 2.26. The number of hydrogen-bond donors (Lipinski definition) is 2. The Labute approximate surface area is 180 Å². The molecule has 30 heavy (non-hydrogen) atoms. The first-order chi connectivity index (χ1) is 14.5. The maximum absolute atomic E-state index is 5.55. The van der Waals surface area contributed by atoms with Gasteiger partial charge < -0.3 is 29.7 Å². The summed E-state index contributed by atoms with van der Waals surface area (Å²) in [7, 11) is 5.19. The average Bonchev–Trinajstić information content (AvgIpc) is 3.24. The van der Waals surface area contributed by atoms with E-state index in [2.05, 4.69) is 51.4 Å². The van der Waals surface area contributed by atoms with Crippen LogP contribution in [0.1, 0.15) is 20.3 Å². The lowest BCUT2D eigenvalue weighted by atomic mass is 10.2. The second-order valence-corrected chi connectivity index (χ2v) is 8.11. The third-order valence-electron chi connectivity index (χ3n) is 6.00. The maximum Gasteiger partial charge on any atom is 0.191 e. The van der Waals surface area contributed by atoms with Crippen LogP contribution in [-0.2, 0) is 4.74 Å². The van der Waals surface area contributed by atoms with Gasteiger partial charge in [-0.3, -0.25) is 9.89 Å². The van der Waals surface area contributed by atoms with E-state index in [-0.39, 0.29) is 0 Å². The number of rotatable bonds is 7. The molecule has 3 atom stereocenters. The molecule has 0 spiro atoms. The fourth-order valence-electron chi connectivity index (χ4n) is 4.23. The molecule has 2 N–H and O–H groups in total. The molecule has 8 heteroatoms. The molecular formula is C22H37N5O3. The number of guanidine groups is 1. The Bertz CT molecular complexity index is 692.